The summed E-state index contributed by atoms with van der Waals surface area (Å²) in [4.78, 5) is 0. The van der Waals surface area contributed by atoms with Gasteiger partial charge in [-0.25, -0.2) is 0 Å². The van der Waals surface area contributed by atoms with Gasteiger partial charge in [0.15, 0.2) is 5.58 Å². The predicted octanol–water partition coefficient (Wildman–Crippen LogP) is 33.9. The molecule has 0 radical (unpaired) electrons. The molecule has 30 aromatic rings. The van der Waals surface area contributed by atoms with Crippen LogP contribution in [-0.4, -0.2) is 27.4 Å². The summed E-state index contributed by atoms with van der Waals surface area (Å²) >= 11 is 3.76. The fraction of sp³-hybridized carbons (Fsp3) is 0.0333. The van der Waals surface area contributed by atoms with Gasteiger partial charge in [0, 0.05) is 180 Å². The molecule has 20 aromatic carbocycles. The average Bonchev–Trinajstić information content (AvgIpc) is 1.52. The number of benzene rings is 20. The standard InChI is InChI=1S/2C41H26N2S.2C19H13NO/c1-25-21-23-26(24-22-25)42-33-17-7-4-14-31(33)37-38-32-15-5-8-18-34(32)43(40(38)29-13-3-2-12-28(29)39(37)42)35-19-10-16-30-27-11-6-9-20-36(27)44-41(30)35;1-25-18-20-26(21-19-25)42-34-15-7-4-13-31(34)38-39-32-14-5-8-16-35(32)43(41(39)30-12-3-2-11-29(30)40(38)42)27-22-23-37-33(24-27)28-10-6-9-17-36(28)44-37;1-20-15-8-4-2-6-12(15)13-10-11-17-18(19(13)20)14-7-3-5-9-16(14)21-17;1-20-16-8-4-2-6-12(16)14-10-11-15-13-7-3-5-9-17(13)21-19(15)18(14)20/h2*2-24H,1H3;2*2-11H,1H3. The van der Waals surface area contributed by atoms with Gasteiger partial charge in [-0.15, -0.1) is 22.7 Å². The van der Waals surface area contributed by atoms with E-state index in [0.717, 1.165) is 22.3 Å². The third-order valence-electron chi connectivity index (χ3n) is 27.5. The maximum atomic E-state index is 6.16. The van der Waals surface area contributed by atoms with Crippen LogP contribution in [-0.2, 0) is 14.1 Å². The molecule has 0 aliphatic rings. The van der Waals surface area contributed by atoms with Crippen LogP contribution in [0.15, 0.2) is 409 Å². The quantitative estimate of drug-likeness (QED) is 0.176. The molecular formula is C120H78N6O2S2. The van der Waals surface area contributed by atoms with Crippen molar-refractivity contribution < 1.29 is 8.83 Å². The molecule has 0 atom stereocenters. The third kappa shape index (κ3) is 10.8. The number of aryl methyl sites for hydroxylation is 4. The van der Waals surface area contributed by atoms with Crippen LogP contribution in [0, 0.1) is 13.8 Å². The lowest BCUT2D eigenvalue weighted by atomic mass is 9.99. The summed E-state index contributed by atoms with van der Waals surface area (Å²) in [5.41, 5.74) is 26.1. The molecule has 30 rings (SSSR count). The Labute approximate surface area is 752 Å². The van der Waals surface area contributed by atoms with Gasteiger partial charge in [0.2, 0.25) is 0 Å². The van der Waals surface area contributed by atoms with Crippen LogP contribution in [0.4, 0.5) is 0 Å². The Morgan fingerprint density at radius 3 is 1.07 bits per heavy atom. The second-order valence-corrected chi connectivity index (χ2v) is 36.8. The number of furan rings is 2. The second kappa shape index (κ2) is 28.6. The molecule has 0 aliphatic carbocycles. The molecule has 0 amide bonds. The number of thiophene rings is 2. The van der Waals surface area contributed by atoms with E-state index in [1.54, 1.807) is 0 Å². The summed E-state index contributed by atoms with van der Waals surface area (Å²) in [7, 11) is 4.24. The zero-order valence-electron chi connectivity index (χ0n) is 71.4. The van der Waals surface area contributed by atoms with Crippen LogP contribution in [0.3, 0.4) is 0 Å². The summed E-state index contributed by atoms with van der Waals surface area (Å²) in [6.07, 6.45) is 0. The first kappa shape index (κ1) is 74.1. The molecule has 130 heavy (non-hydrogen) atoms. The molecule has 8 nitrogen and oxygen atoms in total. The van der Waals surface area contributed by atoms with E-state index in [-0.39, 0.29) is 0 Å². The first-order valence-corrected chi connectivity index (χ1v) is 46.1. The minimum absolute atomic E-state index is 0.949. The molecule has 0 saturated carbocycles. The molecule has 612 valence electrons. The van der Waals surface area contributed by atoms with E-state index in [4.69, 9.17) is 8.83 Å². The summed E-state index contributed by atoms with van der Waals surface area (Å²) < 4.78 is 32.0. The highest BCUT2D eigenvalue weighted by Gasteiger charge is 2.29. The zero-order chi connectivity index (χ0) is 85.8. The number of hydrogen-bond acceptors (Lipinski definition) is 4. The summed E-state index contributed by atoms with van der Waals surface area (Å²) in [6.45, 7) is 4.31. The number of rotatable bonds is 4. The Bertz CT molecular complexity index is 10000. The van der Waals surface area contributed by atoms with E-state index >= 15 is 0 Å². The molecule has 0 spiro atoms. The lowest BCUT2D eigenvalue weighted by molar-refractivity contribution is 0.669. The highest BCUT2D eigenvalue weighted by atomic mass is 32.1. The van der Waals surface area contributed by atoms with Crippen LogP contribution >= 0.6 is 22.7 Å². The van der Waals surface area contributed by atoms with E-state index in [1.165, 1.54) is 248 Å². The minimum Gasteiger partial charge on any atom is -0.456 e. The van der Waals surface area contributed by atoms with E-state index < -0.39 is 0 Å². The Morgan fingerprint density at radius 1 is 0.200 bits per heavy atom. The lowest BCUT2D eigenvalue weighted by Crippen LogP contribution is -1.97. The van der Waals surface area contributed by atoms with Gasteiger partial charge in [0.05, 0.1) is 70.9 Å². The Hall–Kier alpha value is -16.2. The maximum absolute atomic E-state index is 6.16. The van der Waals surface area contributed by atoms with Gasteiger partial charge in [0.25, 0.3) is 0 Å². The Balaban J connectivity index is 0.0000000942. The number of fused-ring (bicyclic) bond motifs is 40. The van der Waals surface area contributed by atoms with E-state index in [9.17, 15) is 0 Å². The normalized spacial score (nSPS) is 12.2. The molecular weight excluding hydrogens is 1620 g/mol. The molecule has 0 bridgehead atoms. The lowest BCUT2D eigenvalue weighted by Gasteiger charge is -2.14. The van der Waals surface area contributed by atoms with Crippen molar-refractivity contribution in [2.45, 2.75) is 13.8 Å². The first-order valence-electron chi connectivity index (χ1n) is 44.5. The van der Waals surface area contributed by atoms with E-state index in [1.807, 2.05) is 46.9 Å². The maximum Gasteiger partial charge on any atom is 0.159 e. The summed E-state index contributed by atoms with van der Waals surface area (Å²) in [5, 5.41) is 30.6. The predicted molar refractivity (Wildman–Crippen MR) is 556 cm³/mol. The van der Waals surface area contributed by atoms with Crippen LogP contribution in [0.5, 0.6) is 0 Å². The number of nitrogens with zero attached hydrogens (tertiary/aromatic N) is 6. The Kier molecular flexibility index (Phi) is 16.3. The van der Waals surface area contributed by atoms with Crippen molar-refractivity contribution in [3.05, 3.63) is 412 Å². The highest BCUT2D eigenvalue weighted by molar-refractivity contribution is 7.26. The summed E-state index contributed by atoms with van der Waals surface area (Å²) in [5.74, 6) is 0. The fourth-order valence-electron chi connectivity index (χ4n) is 21.9. The van der Waals surface area contributed by atoms with Crippen molar-refractivity contribution in [2.75, 3.05) is 0 Å². The molecule has 10 heterocycles. The minimum atomic E-state index is 0.949. The van der Waals surface area contributed by atoms with Gasteiger partial charge in [-0.1, -0.05) is 284 Å². The molecule has 0 unspecified atom stereocenters. The second-order valence-electron chi connectivity index (χ2n) is 34.6. The van der Waals surface area contributed by atoms with Crippen molar-refractivity contribution in [3.63, 3.8) is 0 Å². The van der Waals surface area contributed by atoms with Crippen molar-refractivity contribution in [3.8, 4) is 22.7 Å². The van der Waals surface area contributed by atoms with E-state index in [2.05, 4.69) is 431 Å². The molecule has 0 saturated heterocycles. The smallest absolute Gasteiger partial charge is 0.159 e. The highest BCUT2D eigenvalue weighted by Crippen LogP contribution is 2.52. The van der Waals surface area contributed by atoms with Crippen molar-refractivity contribution in [1.82, 2.24) is 27.4 Å². The summed E-state index contributed by atoms with van der Waals surface area (Å²) in [6, 6.07) is 145. The molecule has 10 aromatic heterocycles. The van der Waals surface area contributed by atoms with Crippen molar-refractivity contribution in [1.29, 1.82) is 0 Å². The van der Waals surface area contributed by atoms with Gasteiger partial charge >= 0.3 is 0 Å². The SMILES string of the molecule is Cc1ccc(-n2c3ccccc3c3c4c5ccccc5n(-c5ccc6sc7ccccc7c6c5)c4c4ccccc4c32)cc1.Cc1ccc(-n2c3ccccc3c3c4c5ccccc5n(-c5cccc6c5sc5ccccc56)c4c4ccccc4c32)cc1.Cn1c2ccccc2c2ccc3c4ccccc4oc3c21.Cn1c2ccccc2c2ccc3oc4ccccc4c3c21. The molecule has 0 N–H and O–H groups in total. The van der Waals surface area contributed by atoms with Crippen LogP contribution in [0.2, 0.25) is 0 Å². The van der Waals surface area contributed by atoms with Crippen LogP contribution < -0.4 is 0 Å². The third-order valence-corrected chi connectivity index (χ3v) is 29.9. The number of para-hydroxylation sites is 8. The topological polar surface area (TPSA) is 55.9 Å². The van der Waals surface area contributed by atoms with Crippen LogP contribution in [0.1, 0.15) is 11.1 Å². The van der Waals surface area contributed by atoms with Crippen molar-refractivity contribution >= 4 is 259 Å². The van der Waals surface area contributed by atoms with E-state index in [0.29, 0.717) is 0 Å². The monoisotopic (exact) mass is 1700 g/mol. The largest absolute Gasteiger partial charge is 0.456 e. The first-order chi connectivity index (χ1) is 64.2. The van der Waals surface area contributed by atoms with Gasteiger partial charge < -0.3 is 36.2 Å². The van der Waals surface area contributed by atoms with Gasteiger partial charge in [-0.2, -0.15) is 0 Å². The Morgan fingerprint density at radius 2 is 0.546 bits per heavy atom. The molecule has 0 aliphatic heterocycles. The zero-order valence-corrected chi connectivity index (χ0v) is 73.1. The van der Waals surface area contributed by atoms with Crippen molar-refractivity contribution in [2.24, 2.45) is 14.1 Å². The molecule has 10 heteroatoms. The number of aromatic nitrogens is 6. The van der Waals surface area contributed by atoms with Crippen LogP contribution in [0.25, 0.3) is 259 Å². The van der Waals surface area contributed by atoms with Gasteiger partial charge in [-0.05, 0) is 141 Å². The fourth-order valence-corrected chi connectivity index (χ4v) is 24.2. The van der Waals surface area contributed by atoms with Gasteiger partial charge in [-0.3, -0.25) is 0 Å². The average molecular weight is 1700 g/mol. The number of hydrogen-bond donors (Lipinski definition) is 0. The molecule has 0 fully saturated rings. The van der Waals surface area contributed by atoms with Gasteiger partial charge in [0.1, 0.15) is 16.7 Å².